The first-order chi connectivity index (χ1) is 13.8. The van der Waals surface area contributed by atoms with Crippen molar-refractivity contribution < 1.29 is 14.6 Å². The largest absolute Gasteiger partial charge is 0.493 e. The van der Waals surface area contributed by atoms with E-state index < -0.39 is 5.60 Å². The van der Waals surface area contributed by atoms with E-state index in [-0.39, 0.29) is 5.91 Å². The molecule has 2 aromatic carbocycles. The average Bonchev–Trinajstić information content (AvgIpc) is 2.69. The van der Waals surface area contributed by atoms with E-state index in [2.05, 4.69) is 5.32 Å². The smallest absolute Gasteiger partial charge is 0.251 e. The van der Waals surface area contributed by atoms with Crippen LogP contribution < -0.4 is 10.1 Å². The van der Waals surface area contributed by atoms with E-state index in [1.807, 2.05) is 73.7 Å². The van der Waals surface area contributed by atoms with Crippen molar-refractivity contribution in [2.24, 2.45) is 0 Å². The molecule has 0 aliphatic heterocycles. The van der Waals surface area contributed by atoms with Crippen LogP contribution in [0.3, 0.4) is 0 Å². The van der Waals surface area contributed by atoms with Crippen LogP contribution in [0.25, 0.3) is 0 Å². The van der Waals surface area contributed by atoms with Crippen molar-refractivity contribution in [1.82, 2.24) is 5.32 Å². The summed E-state index contributed by atoms with van der Waals surface area (Å²) in [5.74, 6) is 0.785. The lowest BCUT2D eigenvalue weighted by atomic mass is 10.1. The molecular formula is C25H31NO3. The van der Waals surface area contributed by atoms with Gasteiger partial charge in [-0.2, -0.15) is 0 Å². The SMILES string of the molecule is C/C(=C\C=C\C(C)(C)O)CCOc1ccc(CCNC(=O)c2ccccc2)cc1. The Morgan fingerprint density at radius 3 is 2.45 bits per heavy atom. The zero-order valence-corrected chi connectivity index (χ0v) is 17.5. The second kappa shape index (κ2) is 11.2. The molecule has 0 aromatic heterocycles. The number of hydrogen-bond acceptors (Lipinski definition) is 3. The van der Waals surface area contributed by atoms with Crippen LogP contribution in [0.5, 0.6) is 5.75 Å². The molecule has 0 aliphatic rings. The summed E-state index contributed by atoms with van der Waals surface area (Å²) in [6, 6.07) is 17.2. The first kappa shape index (κ1) is 22.4. The molecule has 0 spiro atoms. The number of carbonyl (C=O) groups is 1. The van der Waals surface area contributed by atoms with Crippen LogP contribution in [-0.2, 0) is 6.42 Å². The minimum absolute atomic E-state index is 0.0497. The molecule has 0 unspecified atom stereocenters. The van der Waals surface area contributed by atoms with Crippen LogP contribution in [0, 0.1) is 0 Å². The maximum atomic E-state index is 12.0. The van der Waals surface area contributed by atoms with E-state index in [1.54, 1.807) is 19.9 Å². The van der Waals surface area contributed by atoms with Crippen molar-refractivity contribution in [1.29, 1.82) is 0 Å². The molecule has 0 saturated heterocycles. The highest BCUT2D eigenvalue weighted by Gasteiger charge is 2.05. The summed E-state index contributed by atoms with van der Waals surface area (Å²) in [5, 5.41) is 12.6. The van der Waals surface area contributed by atoms with Gasteiger partial charge in [0.25, 0.3) is 5.91 Å². The Bertz CT molecular complexity index is 815. The molecule has 2 N–H and O–H groups in total. The summed E-state index contributed by atoms with van der Waals surface area (Å²) in [7, 11) is 0. The number of rotatable bonds is 10. The first-order valence-corrected chi connectivity index (χ1v) is 9.96. The minimum Gasteiger partial charge on any atom is -0.493 e. The highest BCUT2D eigenvalue weighted by atomic mass is 16.5. The number of ether oxygens (including phenoxy) is 1. The van der Waals surface area contributed by atoms with Gasteiger partial charge in [-0.1, -0.05) is 54.1 Å². The number of benzene rings is 2. The summed E-state index contributed by atoms with van der Waals surface area (Å²) >= 11 is 0. The molecule has 0 bridgehead atoms. The van der Waals surface area contributed by atoms with Crippen molar-refractivity contribution in [2.45, 2.75) is 39.2 Å². The molecule has 4 nitrogen and oxygen atoms in total. The fourth-order valence-electron chi connectivity index (χ4n) is 2.63. The highest BCUT2D eigenvalue weighted by Crippen LogP contribution is 2.14. The molecule has 29 heavy (non-hydrogen) atoms. The average molecular weight is 394 g/mol. The van der Waals surface area contributed by atoms with E-state index in [4.69, 9.17) is 4.74 Å². The van der Waals surface area contributed by atoms with Crippen molar-refractivity contribution in [3.05, 3.63) is 89.5 Å². The van der Waals surface area contributed by atoms with Gasteiger partial charge >= 0.3 is 0 Å². The predicted octanol–water partition coefficient (Wildman–Crippen LogP) is 4.70. The molecule has 0 radical (unpaired) electrons. The molecular weight excluding hydrogens is 362 g/mol. The van der Waals surface area contributed by atoms with Crippen LogP contribution in [0.15, 0.2) is 78.4 Å². The number of allylic oxidation sites excluding steroid dienone is 2. The molecule has 2 rings (SSSR count). The van der Waals surface area contributed by atoms with Gasteiger partial charge in [0, 0.05) is 18.5 Å². The van der Waals surface area contributed by atoms with E-state index in [0.29, 0.717) is 18.7 Å². The maximum absolute atomic E-state index is 12.0. The fraction of sp³-hybridized carbons (Fsp3) is 0.320. The number of carbonyl (C=O) groups excluding carboxylic acids is 1. The Morgan fingerprint density at radius 1 is 1.10 bits per heavy atom. The van der Waals surface area contributed by atoms with Gasteiger partial charge in [-0.25, -0.2) is 0 Å². The third kappa shape index (κ3) is 9.26. The Kier molecular flexibility index (Phi) is 8.68. The molecule has 0 heterocycles. The van der Waals surface area contributed by atoms with Gasteiger partial charge in [-0.05, 0) is 57.0 Å². The summed E-state index contributed by atoms with van der Waals surface area (Å²) in [5.41, 5.74) is 2.23. The molecule has 0 atom stereocenters. The monoisotopic (exact) mass is 393 g/mol. The van der Waals surface area contributed by atoms with Crippen molar-refractivity contribution in [3.8, 4) is 5.75 Å². The summed E-state index contributed by atoms with van der Waals surface area (Å²) in [6.45, 7) is 6.74. The third-order valence-corrected chi connectivity index (χ3v) is 4.31. The second-order valence-corrected chi connectivity index (χ2v) is 7.64. The number of nitrogens with one attached hydrogen (secondary N) is 1. The summed E-state index contributed by atoms with van der Waals surface area (Å²) < 4.78 is 5.80. The highest BCUT2D eigenvalue weighted by molar-refractivity contribution is 5.94. The van der Waals surface area contributed by atoms with E-state index in [0.717, 1.165) is 24.2 Å². The van der Waals surface area contributed by atoms with Gasteiger partial charge in [0.15, 0.2) is 0 Å². The lowest BCUT2D eigenvalue weighted by Crippen LogP contribution is -2.25. The van der Waals surface area contributed by atoms with Gasteiger partial charge in [-0.15, -0.1) is 0 Å². The van der Waals surface area contributed by atoms with Gasteiger partial charge in [-0.3, -0.25) is 4.79 Å². The molecule has 2 aromatic rings. The van der Waals surface area contributed by atoms with Crippen LogP contribution in [0.2, 0.25) is 0 Å². The molecule has 154 valence electrons. The maximum Gasteiger partial charge on any atom is 0.251 e. The lowest BCUT2D eigenvalue weighted by molar-refractivity contribution is 0.0954. The number of amides is 1. The van der Waals surface area contributed by atoms with Gasteiger partial charge in [0.2, 0.25) is 0 Å². The minimum atomic E-state index is -0.792. The Hall–Kier alpha value is -2.85. The fourth-order valence-corrected chi connectivity index (χ4v) is 2.63. The number of hydrogen-bond donors (Lipinski definition) is 2. The summed E-state index contributed by atoms with van der Waals surface area (Å²) in [4.78, 5) is 12.0. The van der Waals surface area contributed by atoms with Crippen molar-refractivity contribution >= 4 is 5.91 Å². The van der Waals surface area contributed by atoms with Crippen LogP contribution >= 0.6 is 0 Å². The molecule has 0 fully saturated rings. The normalized spacial score (nSPS) is 12.2. The first-order valence-electron chi connectivity index (χ1n) is 9.96. The molecule has 0 saturated carbocycles. The Balaban J connectivity index is 1.70. The van der Waals surface area contributed by atoms with Crippen molar-refractivity contribution in [2.75, 3.05) is 13.2 Å². The summed E-state index contributed by atoms with van der Waals surface area (Å²) in [6.07, 6.45) is 7.23. The van der Waals surface area contributed by atoms with Gasteiger partial charge in [0.1, 0.15) is 5.75 Å². The Morgan fingerprint density at radius 2 is 1.79 bits per heavy atom. The second-order valence-electron chi connectivity index (χ2n) is 7.64. The Labute approximate surface area is 173 Å². The number of aliphatic hydroxyl groups is 1. The topological polar surface area (TPSA) is 58.6 Å². The lowest BCUT2D eigenvalue weighted by Gasteiger charge is -2.10. The quantitative estimate of drug-likeness (QED) is 0.575. The zero-order valence-electron chi connectivity index (χ0n) is 17.5. The van der Waals surface area contributed by atoms with Gasteiger partial charge in [0.05, 0.1) is 12.2 Å². The van der Waals surface area contributed by atoms with Crippen LogP contribution in [0.1, 0.15) is 43.1 Å². The predicted molar refractivity (Wildman–Crippen MR) is 118 cm³/mol. The third-order valence-electron chi connectivity index (χ3n) is 4.31. The zero-order chi connectivity index (χ0) is 21.1. The van der Waals surface area contributed by atoms with E-state index in [1.165, 1.54) is 5.57 Å². The molecule has 1 amide bonds. The van der Waals surface area contributed by atoms with E-state index in [9.17, 15) is 9.90 Å². The molecule has 0 aliphatic carbocycles. The van der Waals surface area contributed by atoms with Crippen LogP contribution in [-0.4, -0.2) is 29.8 Å². The molecule has 4 heteroatoms. The van der Waals surface area contributed by atoms with Gasteiger partial charge < -0.3 is 15.2 Å². The van der Waals surface area contributed by atoms with Crippen LogP contribution in [0.4, 0.5) is 0 Å². The van der Waals surface area contributed by atoms with E-state index >= 15 is 0 Å². The van der Waals surface area contributed by atoms with Crippen molar-refractivity contribution in [3.63, 3.8) is 0 Å². The standard InChI is InChI=1S/C25H31NO3/c1-20(8-7-17-25(2,3)28)16-19-29-23-13-11-21(12-14-23)15-18-26-24(27)22-9-5-4-6-10-22/h4-14,17,28H,15-16,18-19H2,1-3H3,(H,26,27)/b17-7+,20-8+.